The first-order valence-corrected chi connectivity index (χ1v) is 6.98. The Hall–Kier alpha value is -1.88. The number of carbonyl (C=O) groups is 2. The van der Waals surface area contributed by atoms with Crippen LogP contribution in [0.5, 0.6) is 0 Å². The first kappa shape index (κ1) is 13.1. The molecule has 2 aliphatic heterocycles. The van der Waals surface area contributed by atoms with Gasteiger partial charge in [-0.2, -0.15) is 0 Å². The number of hydrogen-bond donors (Lipinski definition) is 2. The molecule has 0 bridgehead atoms. The van der Waals surface area contributed by atoms with Crippen molar-refractivity contribution >= 4 is 11.8 Å². The number of primary amides is 1. The van der Waals surface area contributed by atoms with E-state index in [0.29, 0.717) is 0 Å². The minimum absolute atomic E-state index is 0.00284. The Kier molecular flexibility index (Phi) is 3.44. The van der Waals surface area contributed by atoms with Crippen LogP contribution in [0.2, 0.25) is 0 Å². The van der Waals surface area contributed by atoms with Crippen molar-refractivity contribution in [2.45, 2.75) is 19.0 Å². The van der Waals surface area contributed by atoms with Crippen LogP contribution in [0, 0.1) is 11.8 Å². The SMILES string of the molecule is NC(=O)C[C@H]1NC(=O)[C@@H]2CN(Cc3ccccc3)C[C@H]12. The monoisotopic (exact) mass is 273 g/mol. The number of nitrogens with one attached hydrogen (secondary N) is 1. The second kappa shape index (κ2) is 5.25. The van der Waals surface area contributed by atoms with E-state index >= 15 is 0 Å². The molecule has 2 amide bonds. The largest absolute Gasteiger partial charge is 0.370 e. The zero-order chi connectivity index (χ0) is 14.1. The summed E-state index contributed by atoms with van der Waals surface area (Å²) in [6.07, 6.45) is 0.242. The molecule has 0 unspecified atom stereocenters. The summed E-state index contributed by atoms with van der Waals surface area (Å²) in [5, 5.41) is 2.91. The summed E-state index contributed by atoms with van der Waals surface area (Å²) in [5.74, 6) is -0.0731. The van der Waals surface area contributed by atoms with Crippen molar-refractivity contribution < 1.29 is 9.59 Å². The summed E-state index contributed by atoms with van der Waals surface area (Å²) < 4.78 is 0. The molecule has 2 fully saturated rings. The number of rotatable bonds is 4. The Morgan fingerprint density at radius 3 is 2.75 bits per heavy atom. The summed E-state index contributed by atoms with van der Waals surface area (Å²) in [5.41, 5.74) is 6.50. The molecule has 1 aromatic rings. The maximum Gasteiger partial charge on any atom is 0.225 e. The third kappa shape index (κ3) is 2.54. The number of hydrogen-bond acceptors (Lipinski definition) is 3. The van der Waals surface area contributed by atoms with Crippen molar-refractivity contribution in [2.75, 3.05) is 13.1 Å². The van der Waals surface area contributed by atoms with Gasteiger partial charge in [0.05, 0.1) is 5.92 Å². The third-order valence-corrected chi connectivity index (χ3v) is 4.29. The first-order chi connectivity index (χ1) is 9.63. The van der Waals surface area contributed by atoms with Crippen molar-refractivity contribution in [3.8, 4) is 0 Å². The number of nitrogens with zero attached hydrogens (tertiary/aromatic N) is 1. The van der Waals surface area contributed by atoms with Gasteiger partial charge in [0.15, 0.2) is 0 Å². The highest BCUT2D eigenvalue weighted by Gasteiger charge is 2.47. The molecule has 1 aromatic carbocycles. The van der Waals surface area contributed by atoms with Crippen LogP contribution in [-0.2, 0) is 16.1 Å². The van der Waals surface area contributed by atoms with Crippen LogP contribution in [-0.4, -0.2) is 35.8 Å². The van der Waals surface area contributed by atoms with Gasteiger partial charge >= 0.3 is 0 Å². The van der Waals surface area contributed by atoms with E-state index < -0.39 is 0 Å². The fraction of sp³-hybridized carbons (Fsp3) is 0.467. The molecule has 0 aliphatic carbocycles. The highest BCUT2D eigenvalue weighted by atomic mass is 16.2. The predicted octanol–water partition coefficient (Wildman–Crippen LogP) is 0.108. The zero-order valence-electron chi connectivity index (χ0n) is 11.3. The molecule has 0 spiro atoms. The summed E-state index contributed by atoms with van der Waals surface area (Å²) in [6, 6.07) is 10.1. The fourth-order valence-electron chi connectivity index (χ4n) is 3.39. The molecule has 2 aliphatic rings. The molecule has 0 aromatic heterocycles. The van der Waals surface area contributed by atoms with Gasteiger partial charge in [0.25, 0.3) is 0 Å². The molecular formula is C15H19N3O2. The number of likely N-dealkylation sites (tertiary alicyclic amines) is 1. The highest BCUT2D eigenvalue weighted by Crippen LogP contribution is 2.33. The molecule has 0 radical (unpaired) electrons. The van der Waals surface area contributed by atoms with E-state index in [4.69, 9.17) is 5.73 Å². The Morgan fingerprint density at radius 2 is 2.05 bits per heavy atom. The molecule has 5 nitrogen and oxygen atoms in total. The Morgan fingerprint density at radius 1 is 1.30 bits per heavy atom. The lowest BCUT2D eigenvalue weighted by molar-refractivity contribution is -0.122. The summed E-state index contributed by atoms with van der Waals surface area (Å²) >= 11 is 0. The lowest BCUT2D eigenvalue weighted by atomic mass is 9.92. The van der Waals surface area contributed by atoms with E-state index in [2.05, 4.69) is 22.3 Å². The number of benzene rings is 1. The number of amides is 2. The van der Waals surface area contributed by atoms with Crippen LogP contribution in [0.4, 0.5) is 0 Å². The van der Waals surface area contributed by atoms with E-state index in [1.165, 1.54) is 5.56 Å². The van der Waals surface area contributed by atoms with Crippen LogP contribution in [0.25, 0.3) is 0 Å². The van der Waals surface area contributed by atoms with E-state index in [9.17, 15) is 9.59 Å². The average Bonchev–Trinajstić information content (AvgIpc) is 2.92. The second-order valence-corrected chi connectivity index (χ2v) is 5.74. The Labute approximate surface area is 118 Å². The van der Waals surface area contributed by atoms with Crippen molar-refractivity contribution in [3.63, 3.8) is 0 Å². The average molecular weight is 273 g/mol. The standard InChI is InChI=1S/C15H19N3O2/c16-14(19)6-13-11-8-18(9-12(11)15(20)17-13)7-10-4-2-1-3-5-10/h1-5,11-13H,6-9H2,(H2,16,19)(H,17,20)/t11-,12+,13+/m0/s1. The van der Waals surface area contributed by atoms with Gasteiger partial charge in [-0.3, -0.25) is 14.5 Å². The Balaban J connectivity index is 1.66. The van der Waals surface area contributed by atoms with E-state index in [0.717, 1.165) is 19.6 Å². The normalized spacial score (nSPS) is 29.2. The van der Waals surface area contributed by atoms with Gasteiger partial charge in [0, 0.05) is 38.0 Å². The zero-order valence-corrected chi connectivity index (χ0v) is 11.3. The van der Waals surface area contributed by atoms with E-state index in [1.807, 2.05) is 18.2 Å². The molecular weight excluding hydrogens is 254 g/mol. The molecule has 0 saturated carbocycles. The molecule has 3 N–H and O–H groups in total. The molecule has 3 rings (SSSR count). The van der Waals surface area contributed by atoms with Crippen LogP contribution in [0.3, 0.4) is 0 Å². The Bertz CT molecular complexity index is 515. The smallest absolute Gasteiger partial charge is 0.225 e. The van der Waals surface area contributed by atoms with Crippen molar-refractivity contribution in [1.82, 2.24) is 10.2 Å². The first-order valence-electron chi connectivity index (χ1n) is 6.98. The summed E-state index contributed by atoms with van der Waals surface area (Å²) in [6.45, 7) is 2.46. The van der Waals surface area contributed by atoms with Crippen molar-refractivity contribution in [2.24, 2.45) is 17.6 Å². The van der Waals surface area contributed by atoms with Gasteiger partial charge in [0.2, 0.25) is 11.8 Å². The molecule has 5 heteroatoms. The maximum atomic E-state index is 12.0. The summed E-state index contributed by atoms with van der Waals surface area (Å²) in [4.78, 5) is 25.3. The number of carbonyl (C=O) groups excluding carboxylic acids is 2. The van der Waals surface area contributed by atoms with Crippen LogP contribution < -0.4 is 11.1 Å². The van der Waals surface area contributed by atoms with Gasteiger partial charge in [-0.05, 0) is 5.56 Å². The number of fused-ring (bicyclic) bond motifs is 1. The quantitative estimate of drug-likeness (QED) is 0.817. The van der Waals surface area contributed by atoms with Gasteiger partial charge in [0.1, 0.15) is 0 Å². The molecule has 20 heavy (non-hydrogen) atoms. The van der Waals surface area contributed by atoms with Gasteiger partial charge < -0.3 is 11.1 Å². The van der Waals surface area contributed by atoms with E-state index in [-0.39, 0.29) is 36.1 Å². The molecule has 106 valence electrons. The van der Waals surface area contributed by atoms with Gasteiger partial charge in [-0.1, -0.05) is 30.3 Å². The third-order valence-electron chi connectivity index (χ3n) is 4.29. The highest BCUT2D eigenvalue weighted by molar-refractivity contribution is 5.84. The lowest BCUT2D eigenvalue weighted by Crippen LogP contribution is -2.37. The van der Waals surface area contributed by atoms with Crippen LogP contribution >= 0.6 is 0 Å². The predicted molar refractivity (Wildman–Crippen MR) is 74.4 cm³/mol. The van der Waals surface area contributed by atoms with Crippen molar-refractivity contribution in [1.29, 1.82) is 0 Å². The van der Waals surface area contributed by atoms with Crippen LogP contribution in [0.1, 0.15) is 12.0 Å². The minimum Gasteiger partial charge on any atom is -0.370 e. The maximum absolute atomic E-state index is 12.0. The van der Waals surface area contributed by atoms with Crippen molar-refractivity contribution in [3.05, 3.63) is 35.9 Å². The fourth-order valence-corrected chi connectivity index (χ4v) is 3.39. The van der Waals surface area contributed by atoms with E-state index in [1.54, 1.807) is 0 Å². The molecule has 2 saturated heterocycles. The van der Waals surface area contributed by atoms with Gasteiger partial charge in [-0.15, -0.1) is 0 Å². The topological polar surface area (TPSA) is 75.4 Å². The lowest BCUT2D eigenvalue weighted by Gasteiger charge is -2.20. The molecule has 3 atom stereocenters. The van der Waals surface area contributed by atoms with Gasteiger partial charge in [-0.25, -0.2) is 0 Å². The summed E-state index contributed by atoms with van der Waals surface area (Å²) in [7, 11) is 0. The minimum atomic E-state index is -0.350. The van der Waals surface area contributed by atoms with Crippen LogP contribution in [0.15, 0.2) is 30.3 Å². The molecule has 2 heterocycles. The number of nitrogens with two attached hydrogens (primary N) is 1. The second-order valence-electron chi connectivity index (χ2n) is 5.74.